The summed E-state index contributed by atoms with van der Waals surface area (Å²) in [6.07, 6.45) is 5.77. The van der Waals surface area contributed by atoms with E-state index in [1.165, 1.54) is 0 Å². The van der Waals surface area contributed by atoms with Crippen molar-refractivity contribution in [2.45, 2.75) is 32.2 Å². The molecular formula is C16H20Cl2N4O. The molecule has 3 rings (SSSR count). The Morgan fingerprint density at radius 2 is 2.22 bits per heavy atom. The van der Waals surface area contributed by atoms with Crippen molar-refractivity contribution >= 4 is 34.8 Å². The Bertz CT molecular complexity index is 730. The zero-order chi connectivity index (χ0) is 16.6. The average molecular weight is 355 g/mol. The van der Waals surface area contributed by atoms with Gasteiger partial charge in [0.15, 0.2) is 5.65 Å². The Hall–Kier alpha value is -1.30. The number of nitrogens with two attached hydrogens (primary N) is 1. The van der Waals surface area contributed by atoms with Crippen LogP contribution < -0.4 is 5.73 Å². The zero-order valence-corrected chi connectivity index (χ0v) is 14.5. The number of hydrogen-bond donors (Lipinski definition) is 1. The number of carbonyl (C=O) groups excluding carboxylic acids is 1. The van der Waals surface area contributed by atoms with Gasteiger partial charge in [0.05, 0.1) is 22.2 Å². The molecule has 1 saturated heterocycles. The number of imidazole rings is 1. The standard InChI is InChI=1S/C16H20Cl2N4O/c1-10-2-3-22(13(4-10)7-19)15(23)6-12-9-21-8-11(17)5-14(18)16(21)20-12/h5,8-10,13H,2-4,6-7,19H2,1H3. The summed E-state index contributed by atoms with van der Waals surface area (Å²) in [5, 5.41) is 1.01. The number of hydrogen-bond acceptors (Lipinski definition) is 3. The highest BCUT2D eigenvalue weighted by molar-refractivity contribution is 6.36. The fourth-order valence-electron chi connectivity index (χ4n) is 3.22. The average Bonchev–Trinajstić information content (AvgIpc) is 2.89. The molecule has 2 N–H and O–H groups in total. The van der Waals surface area contributed by atoms with Crippen molar-refractivity contribution in [2.24, 2.45) is 11.7 Å². The van der Waals surface area contributed by atoms with Crippen LogP contribution in [-0.2, 0) is 11.2 Å². The van der Waals surface area contributed by atoms with Crippen LogP contribution in [0.3, 0.4) is 0 Å². The number of carbonyl (C=O) groups is 1. The van der Waals surface area contributed by atoms with Crippen LogP contribution in [0, 0.1) is 5.92 Å². The predicted molar refractivity (Wildman–Crippen MR) is 91.9 cm³/mol. The highest BCUT2D eigenvalue weighted by atomic mass is 35.5. The first-order valence-electron chi connectivity index (χ1n) is 7.80. The zero-order valence-electron chi connectivity index (χ0n) is 13.0. The number of aromatic nitrogens is 2. The van der Waals surface area contributed by atoms with Crippen molar-refractivity contribution in [2.75, 3.05) is 13.1 Å². The Labute approximate surface area is 145 Å². The molecule has 1 fully saturated rings. The van der Waals surface area contributed by atoms with Gasteiger partial charge in [0.25, 0.3) is 0 Å². The maximum Gasteiger partial charge on any atom is 0.228 e. The van der Waals surface area contributed by atoms with Crippen LogP contribution in [0.4, 0.5) is 0 Å². The number of fused-ring (bicyclic) bond motifs is 1. The number of likely N-dealkylation sites (tertiary alicyclic amines) is 1. The molecule has 1 amide bonds. The minimum atomic E-state index is 0.0676. The van der Waals surface area contributed by atoms with E-state index in [1.807, 2.05) is 4.90 Å². The number of halogens is 2. The third kappa shape index (κ3) is 3.47. The number of pyridine rings is 1. The van der Waals surface area contributed by atoms with E-state index < -0.39 is 0 Å². The van der Waals surface area contributed by atoms with E-state index in [4.69, 9.17) is 28.9 Å². The molecule has 2 unspecified atom stereocenters. The molecule has 2 aromatic heterocycles. The lowest BCUT2D eigenvalue weighted by Crippen LogP contribution is -2.49. The van der Waals surface area contributed by atoms with E-state index in [0.29, 0.717) is 33.8 Å². The summed E-state index contributed by atoms with van der Waals surface area (Å²) in [6, 6.07) is 1.77. The predicted octanol–water partition coefficient (Wildman–Crippen LogP) is 2.77. The van der Waals surface area contributed by atoms with Crippen molar-refractivity contribution in [3.05, 3.63) is 34.2 Å². The van der Waals surface area contributed by atoms with Gasteiger partial charge in [-0.15, -0.1) is 0 Å². The van der Waals surface area contributed by atoms with Gasteiger partial charge in [0, 0.05) is 31.5 Å². The Morgan fingerprint density at radius 1 is 1.43 bits per heavy atom. The van der Waals surface area contributed by atoms with Crippen molar-refractivity contribution in [3.8, 4) is 0 Å². The fourth-order valence-corrected chi connectivity index (χ4v) is 3.75. The third-order valence-corrected chi connectivity index (χ3v) is 4.91. The summed E-state index contributed by atoms with van der Waals surface area (Å²) in [5.41, 5.74) is 7.14. The SMILES string of the molecule is CC1CCN(C(=O)Cc2cn3cc(Cl)cc(Cl)c3n2)C(CN)C1. The summed E-state index contributed by atoms with van der Waals surface area (Å²) in [7, 11) is 0. The monoisotopic (exact) mass is 354 g/mol. The van der Waals surface area contributed by atoms with Gasteiger partial charge in [0.2, 0.25) is 5.91 Å². The molecule has 1 aliphatic rings. The first kappa shape index (κ1) is 16.6. The quantitative estimate of drug-likeness (QED) is 0.921. The number of amides is 1. The first-order valence-corrected chi connectivity index (χ1v) is 8.55. The maximum absolute atomic E-state index is 12.6. The van der Waals surface area contributed by atoms with Crippen LogP contribution in [0.25, 0.3) is 5.65 Å². The van der Waals surface area contributed by atoms with E-state index >= 15 is 0 Å². The summed E-state index contributed by atoms with van der Waals surface area (Å²) in [5.74, 6) is 0.682. The highest BCUT2D eigenvalue weighted by Gasteiger charge is 2.29. The van der Waals surface area contributed by atoms with E-state index in [1.54, 1.807) is 22.9 Å². The number of piperidine rings is 1. The number of nitrogens with zero attached hydrogens (tertiary/aromatic N) is 3. The van der Waals surface area contributed by atoms with Crippen molar-refractivity contribution in [3.63, 3.8) is 0 Å². The molecule has 3 heterocycles. The molecule has 1 aliphatic heterocycles. The molecule has 0 spiro atoms. The van der Waals surface area contributed by atoms with Gasteiger partial charge < -0.3 is 15.0 Å². The molecule has 23 heavy (non-hydrogen) atoms. The summed E-state index contributed by atoms with van der Waals surface area (Å²) in [6.45, 7) is 3.48. The normalized spacial score (nSPS) is 21.8. The molecule has 0 radical (unpaired) electrons. The van der Waals surface area contributed by atoms with Gasteiger partial charge in [-0.1, -0.05) is 30.1 Å². The molecule has 5 nitrogen and oxygen atoms in total. The molecule has 0 saturated carbocycles. The van der Waals surface area contributed by atoms with Gasteiger partial charge in [-0.05, 0) is 24.8 Å². The van der Waals surface area contributed by atoms with Gasteiger partial charge >= 0.3 is 0 Å². The van der Waals surface area contributed by atoms with Crippen LogP contribution in [0.15, 0.2) is 18.5 Å². The van der Waals surface area contributed by atoms with E-state index in [-0.39, 0.29) is 18.4 Å². The lowest BCUT2D eigenvalue weighted by Gasteiger charge is -2.38. The molecule has 2 aromatic rings. The molecule has 124 valence electrons. The maximum atomic E-state index is 12.6. The second-order valence-electron chi connectivity index (χ2n) is 6.25. The summed E-state index contributed by atoms with van der Waals surface area (Å²) < 4.78 is 1.76. The largest absolute Gasteiger partial charge is 0.338 e. The second-order valence-corrected chi connectivity index (χ2v) is 7.10. The minimum absolute atomic E-state index is 0.0676. The Balaban J connectivity index is 1.78. The van der Waals surface area contributed by atoms with Gasteiger partial charge in [-0.25, -0.2) is 4.98 Å². The smallest absolute Gasteiger partial charge is 0.228 e. The second kappa shape index (κ2) is 6.67. The lowest BCUT2D eigenvalue weighted by molar-refractivity contribution is -0.134. The summed E-state index contributed by atoms with van der Waals surface area (Å²) >= 11 is 12.1. The van der Waals surface area contributed by atoms with E-state index in [2.05, 4.69) is 11.9 Å². The topological polar surface area (TPSA) is 63.6 Å². The van der Waals surface area contributed by atoms with Crippen molar-refractivity contribution < 1.29 is 4.79 Å². The molecule has 0 bridgehead atoms. The molecule has 2 atom stereocenters. The number of rotatable bonds is 3. The van der Waals surface area contributed by atoms with Crippen LogP contribution in [0.5, 0.6) is 0 Å². The van der Waals surface area contributed by atoms with Gasteiger partial charge in [0.1, 0.15) is 0 Å². The molecule has 0 aliphatic carbocycles. The van der Waals surface area contributed by atoms with Crippen molar-refractivity contribution in [1.82, 2.24) is 14.3 Å². The molecular weight excluding hydrogens is 335 g/mol. The Kier molecular flexibility index (Phi) is 4.80. The molecule has 7 heteroatoms. The first-order chi connectivity index (χ1) is 11.0. The third-order valence-electron chi connectivity index (χ3n) is 4.43. The minimum Gasteiger partial charge on any atom is -0.338 e. The lowest BCUT2D eigenvalue weighted by atomic mass is 9.92. The highest BCUT2D eigenvalue weighted by Crippen LogP contribution is 2.24. The van der Waals surface area contributed by atoms with Crippen LogP contribution in [0.1, 0.15) is 25.5 Å². The van der Waals surface area contributed by atoms with Crippen LogP contribution >= 0.6 is 23.2 Å². The molecule has 0 aromatic carbocycles. The van der Waals surface area contributed by atoms with E-state index in [0.717, 1.165) is 19.4 Å². The van der Waals surface area contributed by atoms with Crippen LogP contribution in [0.2, 0.25) is 10.0 Å². The van der Waals surface area contributed by atoms with E-state index in [9.17, 15) is 4.79 Å². The van der Waals surface area contributed by atoms with Crippen molar-refractivity contribution in [1.29, 1.82) is 0 Å². The van der Waals surface area contributed by atoms with Gasteiger partial charge in [-0.3, -0.25) is 4.79 Å². The Morgan fingerprint density at radius 3 is 2.96 bits per heavy atom. The fraction of sp³-hybridized carbons (Fsp3) is 0.500. The van der Waals surface area contributed by atoms with Gasteiger partial charge in [-0.2, -0.15) is 0 Å². The summed E-state index contributed by atoms with van der Waals surface area (Å²) in [4.78, 5) is 19.0. The van der Waals surface area contributed by atoms with Crippen LogP contribution in [-0.4, -0.2) is 39.3 Å².